The molecule has 0 bridgehead atoms. The first-order valence-electron chi connectivity index (χ1n) is 9.46. The van der Waals surface area contributed by atoms with Gasteiger partial charge < -0.3 is 19.3 Å². The fourth-order valence-electron chi connectivity index (χ4n) is 2.54. The third-order valence-electron chi connectivity index (χ3n) is 3.91. The molecule has 0 aliphatic rings. The summed E-state index contributed by atoms with van der Waals surface area (Å²) >= 11 is 0. The van der Waals surface area contributed by atoms with Gasteiger partial charge >= 0.3 is 0 Å². The highest BCUT2D eigenvalue weighted by Gasteiger charge is 2.18. The Balaban J connectivity index is 2.61. The van der Waals surface area contributed by atoms with Crippen LogP contribution in [0.5, 0.6) is 0 Å². The molecule has 4 nitrogen and oxygen atoms in total. The number of aliphatic hydroxyl groups is 1. The van der Waals surface area contributed by atoms with Crippen molar-refractivity contribution in [2.45, 2.75) is 71.6 Å². The van der Waals surface area contributed by atoms with Crippen LogP contribution >= 0.6 is 0 Å². The van der Waals surface area contributed by atoms with Crippen LogP contribution in [0.2, 0.25) is 0 Å². The summed E-state index contributed by atoms with van der Waals surface area (Å²) in [5, 5.41) is 10.5. The van der Waals surface area contributed by atoms with E-state index in [2.05, 4.69) is 6.92 Å². The van der Waals surface area contributed by atoms with Crippen LogP contribution in [0.4, 0.5) is 0 Å². The van der Waals surface area contributed by atoms with Crippen molar-refractivity contribution in [2.24, 2.45) is 0 Å². The number of rotatable bonds is 14. The Hall–Kier alpha value is -1.20. The minimum atomic E-state index is -0.677. The van der Waals surface area contributed by atoms with E-state index in [0.29, 0.717) is 19.8 Å². The molecule has 1 aromatic carbocycles. The standard InChI is InChI=1S/C21H34O4/c1-4-7-9-14-20(25-17-18-12-10-8-11-13-18)19(22)15-16-21(23-5-2)24-6-3/h8,10-13,15-16,19-22H,4-7,9,14,17H2,1-3H3/b16-15+/t19-,20+/m1/s1. The van der Waals surface area contributed by atoms with Gasteiger partial charge in [-0.05, 0) is 31.9 Å². The van der Waals surface area contributed by atoms with E-state index in [0.717, 1.165) is 31.2 Å². The molecule has 0 amide bonds. The van der Waals surface area contributed by atoms with E-state index in [4.69, 9.17) is 14.2 Å². The van der Waals surface area contributed by atoms with Gasteiger partial charge in [0.1, 0.15) is 0 Å². The monoisotopic (exact) mass is 350 g/mol. The van der Waals surface area contributed by atoms with E-state index in [9.17, 15) is 5.11 Å². The molecule has 0 aliphatic carbocycles. The molecule has 1 aromatic rings. The molecule has 0 unspecified atom stereocenters. The van der Waals surface area contributed by atoms with Crippen molar-refractivity contribution >= 4 is 0 Å². The van der Waals surface area contributed by atoms with Gasteiger partial charge in [0.05, 0.1) is 18.8 Å². The number of ether oxygens (including phenoxy) is 3. The molecular weight excluding hydrogens is 316 g/mol. The van der Waals surface area contributed by atoms with Gasteiger partial charge in [-0.25, -0.2) is 0 Å². The molecule has 25 heavy (non-hydrogen) atoms. The molecule has 0 radical (unpaired) electrons. The van der Waals surface area contributed by atoms with Gasteiger partial charge in [-0.1, -0.05) is 62.6 Å². The van der Waals surface area contributed by atoms with Gasteiger partial charge in [0.2, 0.25) is 0 Å². The minimum Gasteiger partial charge on any atom is -0.386 e. The normalized spacial score (nSPS) is 14.3. The Morgan fingerprint density at radius 3 is 2.20 bits per heavy atom. The van der Waals surface area contributed by atoms with E-state index in [1.54, 1.807) is 12.2 Å². The number of aliphatic hydroxyl groups excluding tert-OH is 1. The number of benzene rings is 1. The van der Waals surface area contributed by atoms with Crippen molar-refractivity contribution in [3.05, 3.63) is 48.0 Å². The van der Waals surface area contributed by atoms with Gasteiger partial charge in [-0.2, -0.15) is 0 Å². The summed E-state index contributed by atoms with van der Waals surface area (Å²) in [6.45, 7) is 7.65. The first-order valence-corrected chi connectivity index (χ1v) is 9.46. The van der Waals surface area contributed by atoms with Crippen LogP contribution in [-0.2, 0) is 20.8 Å². The zero-order valence-corrected chi connectivity index (χ0v) is 15.9. The molecule has 0 aliphatic heterocycles. The van der Waals surface area contributed by atoms with E-state index >= 15 is 0 Å². The molecule has 0 spiro atoms. The van der Waals surface area contributed by atoms with Crippen molar-refractivity contribution in [2.75, 3.05) is 13.2 Å². The lowest BCUT2D eigenvalue weighted by Crippen LogP contribution is -2.28. The van der Waals surface area contributed by atoms with Crippen LogP contribution in [0.1, 0.15) is 52.0 Å². The first-order chi connectivity index (χ1) is 12.2. The van der Waals surface area contributed by atoms with Crippen molar-refractivity contribution in [3.8, 4) is 0 Å². The molecule has 0 saturated carbocycles. The van der Waals surface area contributed by atoms with Crippen molar-refractivity contribution in [1.29, 1.82) is 0 Å². The second kappa shape index (κ2) is 14.0. The highest BCUT2D eigenvalue weighted by molar-refractivity contribution is 5.13. The highest BCUT2D eigenvalue weighted by Crippen LogP contribution is 2.15. The van der Waals surface area contributed by atoms with Crippen LogP contribution in [0.3, 0.4) is 0 Å². The molecule has 142 valence electrons. The van der Waals surface area contributed by atoms with E-state index in [-0.39, 0.29) is 6.10 Å². The third kappa shape index (κ3) is 9.75. The average Bonchev–Trinajstić information content (AvgIpc) is 2.63. The van der Waals surface area contributed by atoms with Crippen LogP contribution in [0.25, 0.3) is 0 Å². The maximum absolute atomic E-state index is 10.5. The predicted octanol–water partition coefficient (Wildman–Crippen LogP) is 4.47. The van der Waals surface area contributed by atoms with Crippen LogP contribution < -0.4 is 0 Å². The number of hydrogen-bond donors (Lipinski definition) is 1. The summed E-state index contributed by atoms with van der Waals surface area (Å²) in [7, 11) is 0. The van der Waals surface area contributed by atoms with E-state index in [1.165, 1.54) is 0 Å². The lowest BCUT2D eigenvalue weighted by Gasteiger charge is -2.22. The van der Waals surface area contributed by atoms with E-state index < -0.39 is 12.4 Å². The van der Waals surface area contributed by atoms with Gasteiger partial charge in [0.25, 0.3) is 0 Å². The SMILES string of the molecule is CCCCC[C@H](OCc1ccccc1)[C@H](O)/C=C/C(OCC)OCC. The molecule has 0 saturated heterocycles. The van der Waals surface area contributed by atoms with Crippen LogP contribution in [-0.4, -0.2) is 36.8 Å². The second-order valence-corrected chi connectivity index (χ2v) is 5.99. The lowest BCUT2D eigenvalue weighted by atomic mass is 10.1. The van der Waals surface area contributed by atoms with Crippen LogP contribution in [0.15, 0.2) is 42.5 Å². The molecule has 0 aromatic heterocycles. The number of unbranched alkanes of at least 4 members (excludes halogenated alkanes) is 2. The minimum absolute atomic E-state index is 0.230. The number of hydrogen-bond acceptors (Lipinski definition) is 4. The Morgan fingerprint density at radius 1 is 0.920 bits per heavy atom. The summed E-state index contributed by atoms with van der Waals surface area (Å²) in [5.41, 5.74) is 1.11. The van der Waals surface area contributed by atoms with Crippen molar-refractivity contribution in [1.82, 2.24) is 0 Å². The molecule has 0 fully saturated rings. The predicted molar refractivity (Wildman–Crippen MR) is 101 cm³/mol. The topological polar surface area (TPSA) is 47.9 Å². The zero-order chi connectivity index (χ0) is 18.3. The van der Waals surface area contributed by atoms with Crippen molar-refractivity contribution in [3.63, 3.8) is 0 Å². The summed E-state index contributed by atoms with van der Waals surface area (Å²) in [5.74, 6) is 0. The zero-order valence-electron chi connectivity index (χ0n) is 15.9. The maximum atomic E-state index is 10.5. The maximum Gasteiger partial charge on any atom is 0.176 e. The van der Waals surface area contributed by atoms with Crippen molar-refractivity contribution < 1.29 is 19.3 Å². The summed E-state index contributed by atoms with van der Waals surface area (Å²) in [4.78, 5) is 0. The Labute approximate surface area is 152 Å². The van der Waals surface area contributed by atoms with Gasteiger partial charge in [0, 0.05) is 13.2 Å². The molecule has 0 heterocycles. The average molecular weight is 350 g/mol. The largest absolute Gasteiger partial charge is 0.386 e. The summed E-state index contributed by atoms with van der Waals surface area (Å²) < 4.78 is 17.0. The van der Waals surface area contributed by atoms with Crippen LogP contribution in [0, 0.1) is 0 Å². The van der Waals surface area contributed by atoms with E-state index in [1.807, 2.05) is 44.2 Å². The summed E-state index contributed by atoms with van der Waals surface area (Å²) in [6.07, 6.45) is 6.34. The fourth-order valence-corrected chi connectivity index (χ4v) is 2.54. The quantitative estimate of drug-likeness (QED) is 0.305. The smallest absolute Gasteiger partial charge is 0.176 e. The molecule has 2 atom stereocenters. The Kier molecular flexibility index (Phi) is 12.2. The van der Waals surface area contributed by atoms with Gasteiger partial charge in [-0.3, -0.25) is 0 Å². The fraction of sp³-hybridized carbons (Fsp3) is 0.619. The second-order valence-electron chi connectivity index (χ2n) is 5.99. The molecular formula is C21H34O4. The Bertz CT molecular complexity index is 440. The molecule has 1 N–H and O–H groups in total. The van der Waals surface area contributed by atoms with Gasteiger partial charge in [0.15, 0.2) is 6.29 Å². The highest BCUT2D eigenvalue weighted by atomic mass is 16.7. The first kappa shape index (κ1) is 21.8. The lowest BCUT2D eigenvalue weighted by molar-refractivity contribution is -0.104. The molecule has 1 rings (SSSR count). The Morgan fingerprint density at radius 2 is 1.60 bits per heavy atom. The van der Waals surface area contributed by atoms with Gasteiger partial charge in [-0.15, -0.1) is 0 Å². The summed E-state index contributed by atoms with van der Waals surface area (Å²) in [6, 6.07) is 10.0. The third-order valence-corrected chi connectivity index (χ3v) is 3.91. The molecule has 4 heteroatoms.